The summed E-state index contributed by atoms with van der Waals surface area (Å²) in [6.45, 7) is 0. The van der Waals surface area contributed by atoms with Crippen molar-refractivity contribution in [1.82, 2.24) is 4.98 Å². The molecule has 3 aromatic rings. The zero-order chi connectivity index (χ0) is 16.1. The summed E-state index contributed by atoms with van der Waals surface area (Å²) >= 11 is 1.09. The fourth-order valence-electron chi connectivity index (χ4n) is 1.85. The summed E-state index contributed by atoms with van der Waals surface area (Å²) in [4.78, 5) is 28.0. The highest BCUT2D eigenvalue weighted by Crippen LogP contribution is 2.26. The monoisotopic (exact) mass is 324 g/mol. The van der Waals surface area contributed by atoms with Crippen molar-refractivity contribution in [3.8, 4) is 5.06 Å². The number of hydrogen-bond donors (Lipinski definition) is 1. The molecule has 0 aliphatic carbocycles. The van der Waals surface area contributed by atoms with E-state index in [0.29, 0.717) is 21.3 Å². The van der Waals surface area contributed by atoms with E-state index in [1.807, 2.05) is 12.1 Å². The molecular weight excluding hydrogens is 312 g/mol. The fraction of sp³-hybridized carbons (Fsp3) is 0. The number of aromatic nitrogens is 1. The Balaban J connectivity index is 1.64. The highest BCUT2D eigenvalue weighted by Gasteiger charge is 2.12. The predicted octanol–water partition coefficient (Wildman–Crippen LogP) is 3.61. The van der Waals surface area contributed by atoms with Gasteiger partial charge in [-0.1, -0.05) is 47.7 Å². The van der Waals surface area contributed by atoms with Crippen LogP contribution in [0.3, 0.4) is 0 Å². The molecule has 0 bridgehead atoms. The van der Waals surface area contributed by atoms with Crippen LogP contribution in [0.4, 0.5) is 5.13 Å². The van der Waals surface area contributed by atoms with E-state index < -0.39 is 5.97 Å². The Kier molecular flexibility index (Phi) is 4.44. The van der Waals surface area contributed by atoms with Crippen molar-refractivity contribution in [2.45, 2.75) is 0 Å². The van der Waals surface area contributed by atoms with Crippen molar-refractivity contribution in [3.63, 3.8) is 0 Å². The van der Waals surface area contributed by atoms with Crippen LogP contribution >= 0.6 is 11.3 Å². The summed E-state index contributed by atoms with van der Waals surface area (Å²) in [5.74, 6) is -0.726. The van der Waals surface area contributed by atoms with Gasteiger partial charge in [0.05, 0.1) is 11.8 Å². The second-order valence-electron chi connectivity index (χ2n) is 4.56. The SMILES string of the molecule is O=C(Nc1ncc(OC(=O)c2ccccc2)s1)c1ccccc1. The molecule has 0 saturated heterocycles. The molecule has 0 aliphatic heterocycles. The molecule has 3 rings (SSSR count). The van der Waals surface area contributed by atoms with Crippen LogP contribution in [-0.2, 0) is 0 Å². The van der Waals surface area contributed by atoms with E-state index in [4.69, 9.17) is 4.74 Å². The molecule has 5 nitrogen and oxygen atoms in total. The quantitative estimate of drug-likeness (QED) is 0.744. The lowest BCUT2D eigenvalue weighted by Gasteiger charge is -2.01. The smallest absolute Gasteiger partial charge is 0.344 e. The molecule has 23 heavy (non-hydrogen) atoms. The standard InChI is InChI=1S/C17H12N2O3S/c20-15(12-7-3-1-4-8-12)19-17-18-11-14(23-17)22-16(21)13-9-5-2-6-10-13/h1-11H,(H,18,19,20). The first-order chi connectivity index (χ1) is 11.2. The van der Waals surface area contributed by atoms with Crippen LogP contribution in [-0.4, -0.2) is 16.9 Å². The number of amides is 1. The van der Waals surface area contributed by atoms with E-state index in [9.17, 15) is 9.59 Å². The number of ether oxygens (including phenoxy) is 1. The largest absolute Gasteiger partial charge is 0.410 e. The summed E-state index contributed by atoms with van der Waals surface area (Å²) in [6.07, 6.45) is 1.41. The number of anilines is 1. The van der Waals surface area contributed by atoms with Gasteiger partial charge in [0.25, 0.3) is 5.91 Å². The van der Waals surface area contributed by atoms with Crippen molar-refractivity contribution in [1.29, 1.82) is 0 Å². The van der Waals surface area contributed by atoms with E-state index in [0.717, 1.165) is 11.3 Å². The number of carbonyl (C=O) groups excluding carboxylic acids is 2. The van der Waals surface area contributed by atoms with Crippen molar-refractivity contribution < 1.29 is 14.3 Å². The lowest BCUT2D eigenvalue weighted by molar-refractivity contribution is 0.0740. The highest BCUT2D eigenvalue weighted by atomic mass is 32.1. The maximum absolute atomic E-state index is 12.0. The van der Waals surface area contributed by atoms with E-state index in [-0.39, 0.29) is 5.91 Å². The van der Waals surface area contributed by atoms with Gasteiger partial charge in [-0.05, 0) is 24.3 Å². The number of esters is 1. The first-order valence-corrected chi connectivity index (χ1v) is 7.63. The van der Waals surface area contributed by atoms with Crippen LogP contribution in [0.2, 0.25) is 0 Å². The van der Waals surface area contributed by atoms with Gasteiger partial charge in [-0.2, -0.15) is 0 Å². The van der Waals surface area contributed by atoms with Crippen molar-refractivity contribution in [2.75, 3.05) is 5.32 Å². The number of benzene rings is 2. The fourth-order valence-corrected chi connectivity index (χ4v) is 2.51. The van der Waals surface area contributed by atoms with E-state index in [2.05, 4.69) is 10.3 Å². The van der Waals surface area contributed by atoms with Crippen LogP contribution in [0.1, 0.15) is 20.7 Å². The summed E-state index contributed by atoms with van der Waals surface area (Å²) < 4.78 is 5.23. The first-order valence-electron chi connectivity index (χ1n) is 6.82. The molecule has 1 N–H and O–H groups in total. The van der Waals surface area contributed by atoms with Gasteiger partial charge in [-0.15, -0.1) is 0 Å². The van der Waals surface area contributed by atoms with Crippen LogP contribution in [0, 0.1) is 0 Å². The third kappa shape index (κ3) is 3.81. The van der Waals surface area contributed by atoms with Gasteiger partial charge in [-0.25, -0.2) is 9.78 Å². The van der Waals surface area contributed by atoms with Gasteiger partial charge in [0, 0.05) is 5.56 Å². The van der Waals surface area contributed by atoms with Gasteiger partial charge in [0.2, 0.25) is 5.06 Å². The van der Waals surface area contributed by atoms with Gasteiger partial charge >= 0.3 is 5.97 Å². The minimum absolute atomic E-state index is 0.263. The molecule has 0 atom stereocenters. The van der Waals surface area contributed by atoms with Gasteiger partial charge in [0.15, 0.2) is 5.13 Å². The molecule has 0 unspecified atom stereocenters. The zero-order valence-corrected chi connectivity index (χ0v) is 12.7. The summed E-state index contributed by atoms with van der Waals surface area (Å²) in [6, 6.07) is 17.5. The number of nitrogens with zero attached hydrogens (tertiary/aromatic N) is 1. The molecular formula is C17H12N2O3S. The Hall–Kier alpha value is -2.99. The third-order valence-electron chi connectivity index (χ3n) is 2.94. The summed E-state index contributed by atoms with van der Waals surface area (Å²) in [7, 11) is 0. The molecule has 6 heteroatoms. The van der Waals surface area contributed by atoms with E-state index in [1.54, 1.807) is 48.5 Å². The maximum atomic E-state index is 12.0. The first kappa shape index (κ1) is 14.9. The normalized spacial score (nSPS) is 10.1. The maximum Gasteiger partial charge on any atom is 0.344 e. The van der Waals surface area contributed by atoms with Crippen LogP contribution in [0.5, 0.6) is 5.06 Å². The van der Waals surface area contributed by atoms with E-state index >= 15 is 0 Å². The molecule has 114 valence electrons. The van der Waals surface area contributed by atoms with Crippen molar-refractivity contribution in [2.24, 2.45) is 0 Å². The predicted molar refractivity (Wildman–Crippen MR) is 87.9 cm³/mol. The number of thiazole rings is 1. The molecule has 2 aromatic carbocycles. The summed E-state index contributed by atoms with van der Waals surface area (Å²) in [5.41, 5.74) is 0.987. The third-order valence-corrected chi connectivity index (χ3v) is 3.73. The molecule has 0 saturated carbocycles. The van der Waals surface area contributed by atoms with Crippen LogP contribution < -0.4 is 10.1 Å². The molecule has 1 aromatic heterocycles. The Morgan fingerprint density at radius 2 is 1.52 bits per heavy atom. The van der Waals surface area contributed by atoms with Crippen LogP contribution in [0.15, 0.2) is 66.9 Å². The number of nitrogens with one attached hydrogen (secondary N) is 1. The Morgan fingerprint density at radius 1 is 0.913 bits per heavy atom. The Morgan fingerprint density at radius 3 is 2.17 bits per heavy atom. The Labute approximate surface area is 136 Å². The number of hydrogen-bond acceptors (Lipinski definition) is 5. The minimum atomic E-state index is -0.463. The Bertz CT molecular complexity index is 748. The zero-order valence-electron chi connectivity index (χ0n) is 11.9. The molecule has 1 heterocycles. The lowest BCUT2D eigenvalue weighted by atomic mass is 10.2. The minimum Gasteiger partial charge on any atom is -0.410 e. The van der Waals surface area contributed by atoms with Crippen molar-refractivity contribution >= 4 is 28.3 Å². The number of carbonyl (C=O) groups is 2. The highest BCUT2D eigenvalue weighted by molar-refractivity contribution is 7.17. The second kappa shape index (κ2) is 6.85. The molecule has 0 aliphatic rings. The molecule has 1 amide bonds. The number of rotatable bonds is 4. The summed E-state index contributed by atoms with van der Waals surface area (Å²) in [5, 5.41) is 3.36. The van der Waals surface area contributed by atoms with Crippen molar-refractivity contribution in [3.05, 3.63) is 78.0 Å². The van der Waals surface area contributed by atoms with Gasteiger partial charge in [0.1, 0.15) is 0 Å². The molecule has 0 spiro atoms. The average Bonchev–Trinajstić information content (AvgIpc) is 3.03. The molecule has 0 fully saturated rings. The van der Waals surface area contributed by atoms with Gasteiger partial charge in [-0.3, -0.25) is 10.1 Å². The van der Waals surface area contributed by atoms with Crippen LogP contribution in [0.25, 0.3) is 0 Å². The van der Waals surface area contributed by atoms with E-state index in [1.165, 1.54) is 6.20 Å². The second-order valence-corrected chi connectivity index (χ2v) is 5.55. The lowest BCUT2D eigenvalue weighted by Crippen LogP contribution is -2.11. The molecule has 0 radical (unpaired) electrons. The average molecular weight is 324 g/mol. The topological polar surface area (TPSA) is 68.3 Å². The van der Waals surface area contributed by atoms with Gasteiger partial charge < -0.3 is 4.74 Å².